The molecule has 1 aliphatic heterocycles. The summed E-state index contributed by atoms with van der Waals surface area (Å²) >= 11 is 0. The highest BCUT2D eigenvalue weighted by atomic mass is 32.2. The third kappa shape index (κ3) is 6.30. The van der Waals surface area contributed by atoms with Crippen LogP contribution in [0, 0.1) is 17.7 Å². The lowest BCUT2D eigenvalue weighted by atomic mass is 9.90. The second-order valence-electron chi connectivity index (χ2n) is 6.35. The smallest absolute Gasteiger partial charge is 0.207 e. The van der Waals surface area contributed by atoms with Gasteiger partial charge < -0.3 is 0 Å². The van der Waals surface area contributed by atoms with Crippen LogP contribution in [0.2, 0.25) is 0 Å². The van der Waals surface area contributed by atoms with Crippen LogP contribution in [0.3, 0.4) is 0 Å². The van der Waals surface area contributed by atoms with Crippen molar-refractivity contribution in [3.63, 3.8) is 0 Å². The number of unbranched alkanes of at least 4 members (excludes halogenated alkanes) is 3. The van der Waals surface area contributed by atoms with Gasteiger partial charge in [0.05, 0.1) is 5.41 Å². The predicted molar refractivity (Wildman–Crippen MR) is 99.9 cm³/mol. The lowest BCUT2D eigenvalue weighted by Gasteiger charge is -2.30. The zero-order chi connectivity index (χ0) is 18.1. The van der Waals surface area contributed by atoms with E-state index in [1.54, 1.807) is 12.1 Å². The predicted octanol–water partition coefficient (Wildman–Crippen LogP) is 4.43. The Morgan fingerprint density at radius 1 is 1.20 bits per heavy atom. The Morgan fingerprint density at radius 3 is 2.52 bits per heavy atom. The first-order chi connectivity index (χ1) is 12.0. The number of halogens is 1. The maximum Gasteiger partial charge on any atom is 0.236 e. The van der Waals surface area contributed by atoms with Gasteiger partial charge in [-0.3, -0.25) is 0 Å². The van der Waals surface area contributed by atoms with Crippen molar-refractivity contribution < 1.29 is 12.8 Å². The summed E-state index contributed by atoms with van der Waals surface area (Å²) in [6.45, 7) is 3.11. The van der Waals surface area contributed by atoms with Crippen LogP contribution in [0.25, 0.3) is 0 Å². The highest BCUT2D eigenvalue weighted by molar-refractivity contribution is 7.92. The number of hydrogen-bond acceptors (Lipinski definition) is 2. The summed E-state index contributed by atoms with van der Waals surface area (Å²) in [4.78, 5) is 0. The summed E-state index contributed by atoms with van der Waals surface area (Å²) in [6, 6.07) is 6.50. The van der Waals surface area contributed by atoms with Crippen LogP contribution in [0.1, 0.15) is 56.9 Å². The fourth-order valence-electron chi connectivity index (χ4n) is 2.98. The summed E-state index contributed by atoms with van der Waals surface area (Å²) in [7, 11) is -3.40. The van der Waals surface area contributed by atoms with Crippen molar-refractivity contribution in [2.45, 2.75) is 51.4 Å². The highest BCUT2D eigenvalue weighted by Gasteiger charge is 2.26. The molecule has 0 N–H and O–H groups in total. The van der Waals surface area contributed by atoms with Crippen LogP contribution in [0.4, 0.5) is 4.39 Å². The lowest BCUT2D eigenvalue weighted by molar-refractivity contribution is 0.322. The fourth-order valence-corrected chi connectivity index (χ4v) is 4.11. The molecule has 136 valence electrons. The first-order valence-electron chi connectivity index (χ1n) is 8.93. The molecule has 1 aromatic carbocycles. The van der Waals surface area contributed by atoms with Crippen LogP contribution in [-0.4, -0.2) is 25.8 Å². The second kappa shape index (κ2) is 9.74. The molecule has 0 bridgehead atoms. The number of hydrogen-bond donors (Lipinski definition) is 0. The molecular weight excluding hydrogens is 337 g/mol. The van der Waals surface area contributed by atoms with Crippen LogP contribution in [0.5, 0.6) is 0 Å². The number of allylic oxidation sites excluding steroid dienone is 1. The molecule has 25 heavy (non-hydrogen) atoms. The molecule has 0 radical (unpaired) electrons. The molecule has 0 saturated carbocycles. The van der Waals surface area contributed by atoms with Gasteiger partial charge in [-0.05, 0) is 42.9 Å². The SMILES string of the molecule is CCCCCC#CC=CS(=O)(=O)N1CCC(c2ccc(F)cc2)CC1. The first kappa shape index (κ1) is 19.7. The molecule has 0 atom stereocenters. The Kier molecular flexibility index (Phi) is 7.67. The fraction of sp³-hybridized carbons (Fsp3) is 0.500. The van der Waals surface area contributed by atoms with Gasteiger partial charge in [-0.2, -0.15) is 4.31 Å². The van der Waals surface area contributed by atoms with Crippen molar-refractivity contribution in [1.29, 1.82) is 0 Å². The lowest BCUT2D eigenvalue weighted by Crippen LogP contribution is -2.36. The minimum absolute atomic E-state index is 0.246. The van der Waals surface area contributed by atoms with Gasteiger partial charge in [0, 0.05) is 25.6 Å². The van der Waals surface area contributed by atoms with E-state index in [0.29, 0.717) is 13.1 Å². The number of sulfonamides is 1. The van der Waals surface area contributed by atoms with E-state index in [4.69, 9.17) is 0 Å². The van der Waals surface area contributed by atoms with E-state index in [9.17, 15) is 12.8 Å². The molecule has 5 heteroatoms. The molecular formula is C20H26FNO2S. The van der Waals surface area contributed by atoms with Gasteiger partial charge in [-0.25, -0.2) is 12.8 Å². The van der Waals surface area contributed by atoms with E-state index in [1.165, 1.54) is 27.9 Å². The molecule has 0 aromatic heterocycles. The Labute approximate surface area is 151 Å². The van der Waals surface area contributed by atoms with E-state index in [0.717, 1.165) is 44.1 Å². The van der Waals surface area contributed by atoms with E-state index in [2.05, 4.69) is 18.8 Å². The molecule has 0 aliphatic carbocycles. The van der Waals surface area contributed by atoms with Crippen LogP contribution in [-0.2, 0) is 10.0 Å². The van der Waals surface area contributed by atoms with Gasteiger partial charge in [-0.1, -0.05) is 43.7 Å². The third-order valence-electron chi connectivity index (χ3n) is 4.49. The van der Waals surface area contributed by atoms with E-state index < -0.39 is 10.0 Å². The number of nitrogens with zero attached hydrogens (tertiary/aromatic N) is 1. The monoisotopic (exact) mass is 363 g/mol. The molecule has 1 aliphatic rings. The molecule has 1 fully saturated rings. The topological polar surface area (TPSA) is 37.4 Å². The average molecular weight is 363 g/mol. The zero-order valence-corrected chi connectivity index (χ0v) is 15.6. The average Bonchev–Trinajstić information content (AvgIpc) is 2.62. The summed E-state index contributed by atoms with van der Waals surface area (Å²) in [5.74, 6) is 5.83. The van der Waals surface area contributed by atoms with Crippen molar-refractivity contribution in [2.24, 2.45) is 0 Å². The molecule has 1 aromatic rings. The van der Waals surface area contributed by atoms with E-state index in [-0.39, 0.29) is 11.7 Å². The second-order valence-corrected chi connectivity index (χ2v) is 8.17. The first-order valence-corrected chi connectivity index (χ1v) is 10.4. The molecule has 0 amide bonds. The summed E-state index contributed by atoms with van der Waals surface area (Å²) in [6.07, 6.45) is 7.11. The van der Waals surface area contributed by atoms with Crippen LogP contribution >= 0.6 is 0 Å². The van der Waals surface area contributed by atoms with Crippen molar-refractivity contribution in [3.8, 4) is 11.8 Å². The maximum atomic E-state index is 13.0. The van der Waals surface area contributed by atoms with Crippen LogP contribution < -0.4 is 0 Å². The molecule has 2 rings (SSSR count). The van der Waals surface area contributed by atoms with Gasteiger partial charge >= 0.3 is 0 Å². The minimum atomic E-state index is -3.40. The zero-order valence-electron chi connectivity index (χ0n) is 14.7. The van der Waals surface area contributed by atoms with Crippen molar-refractivity contribution in [1.82, 2.24) is 4.31 Å². The van der Waals surface area contributed by atoms with E-state index in [1.807, 2.05) is 0 Å². The molecule has 3 nitrogen and oxygen atoms in total. The van der Waals surface area contributed by atoms with Crippen molar-refractivity contribution >= 4 is 10.0 Å². The molecule has 1 saturated heterocycles. The highest BCUT2D eigenvalue weighted by Crippen LogP contribution is 2.29. The van der Waals surface area contributed by atoms with Gasteiger partial charge in [-0.15, -0.1) is 0 Å². The molecule has 1 heterocycles. The summed E-state index contributed by atoms with van der Waals surface area (Å²) in [5.41, 5.74) is 1.08. The Bertz CT molecular complexity index is 721. The Morgan fingerprint density at radius 2 is 1.88 bits per heavy atom. The van der Waals surface area contributed by atoms with Gasteiger partial charge in [0.25, 0.3) is 0 Å². The quantitative estimate of drug-likeness (QED) is 0.554. The minimum Gasteiger partial charge on any atom is -0.207 e. The van der Waals surface area contributed by atoms with Crippen molar-refractivity contribution in [2.75, 3.05) is 13.1 Å². The van der Waals surface area contributed by atoms with Crippen molar-refractivity contribution in [3.05, 3.63) is 47.1 Å². The van der Waals surface area contributed by atoms with Gasteiger partial charge in [0.15, 0.2) is 0 Å². The summed E-state index contributed by atoms with van der Waals surface area (Å²) in [5, 5.41) is 1.21. The third-order valence-corrected chi connectivity index (χ3v) is 6.05. The largest absolute Gasteiger partial charge is 0.236 e. The standard InChI is InChI=1S/C20H26FNO2S/c1-2-3-4-5-6-7-8-17-25(23,24)22-15-13-19(14-16-22)18-9-11-20(21)12-10-18/h8-12,17,19H,2-5,13-16H2,1H3. The van der Waals surface area contributed by atoms with Gasteiger partial charge in [0.2, 0.25) is 10.0 Å². The number of rotatable bonds is 6. The Hall–Kier alpha value is -1.64. The summed E-state index contributed by atoms with van der Waals surface area (Å²) < 4.78 is 39.2. The van der Waals surface area contributed by atoms with Crippen LogP contribution in [0.15, 0.2) is 35.7 Å². The van der Waals surface area contributed by atoms with E-state index >= 15 is 0 Å². The normalized spacial score (nSPS) is 16.7. The van der Waals surface area contributed by atoms with Gasteiger partial charge in [0.1, 0.15) is 5.82 Å². The molecule has 0 unspecified atom stereocenters. The molecule has 0 spiro atoms. The number of benzene rings is 1. The number of piperidine rings is 1. The maximum absolute atomic E-state index is 13.0. The Balaban J connectivity index is 1.85.